The van der Waals surface area contributed by atoms with Crippen molar-refractivity contribution in [3.8, 4) is 0 Å². The molecule has 3 N–H and O–H groups in total. The van der Waals surface area contributed by atoms with E-state index >= 15 is 0 Å². The normalized spacial score (nSPS) is 17.4. The predicted octanol–water partition coefficient (Wildman–Crippen LogP) is 0.589. The number of piperidine rings is 1. The first-order valence-corrected chi connectivity index (χ1v) is 8.47. The van der Waals surface area contributed by atoms with Gasteiger partial charge >= 0.3 is 0 Å². The zero-order chi connectivity index (χ0) is 18.4. The molecule has 1 aliphatic rings. The van der Waals surface area contributed by atoms with Gasteiger partial charge in [-0.3, -0.25) is 19.3 Å². The van der Waals surface area contributed by atoms with Crippen LogP contribution in [0.3, 0.4) is 0 Å². The average Bonchev–Trinajstić information content (AvgIpc) is 2.56. The summed E-state index contributed by atoms with van der Waals surface area (Å²) in [5, 5.41) is 2.81. The van der Waals surface area contributed by atoms with Gasteiger partial charge in [-0.1, -0.05) is 17.7 Å². The lowest BCUT2D eigenvalue weighted by Crippen LogP contribution is -2.47. The summed E-state index contributed by atoms with van der Waals surface area (Å²) < 4.78 is 0. The number of amides is 3. The molecule has 1 aliphatic heterocycles. The number of likely N-dealkylation sites (tertiary alicyclic amines) is 1. The van der Waals surface area contributed by atoms with Crippen molar-refractivity contribution in [2.24, 2.45) is 11.7 Å². The van der Waals surface area contributed by atoms with Gasteiger partial charge in [0.05, 0.1) is 19.0 Å². The van der Waals surface area contributed by atoms with Crippen LogP contribution in [0.4, 0.5) is 5.69 Å². The van der Waals surface area contributed by atoms with Gasteiger partial charge in [-0.05, 0) is 38.9 Å². The summed E-state index contributed by atoms with van der Waals surface area (Å²) >= 11 is 0. The van der Waals surface area contributed by atoms with Crippen LogP contribution in [0.1, 0.15) is 18.4 Å². The van der Waals surface area contributed by atoms with E-state index in [0.717, 1.165) is 24.1 Å². The highest BCUT2D eigenvalue weighted by Gasteiger charge is 2.27. The third kappa shape index (κ3) is 5.86. The molecule has 2 rings (SSSR count). The summed E-state index contributed by atoms with van der Waals surface area (Å²) in [5.74, 6) is -0.888. The first-order chi connectivity index (χ1) is 11.8. The number of carbonyl (C=O) groups excluding carboxylic acids is 3. The second kappa shape index (κ2) is 8.62. The number of nitrogens with two attached hydrogens (primary N) is 1. The lowest BCUT2D eigenvalue weighted by molar-refractivity contribution is -0.135. The number of anilines is 1. The van der Waals surface area contributed by atoms with Gasteiger partial charge in [0.2, 0.25) is 17.7 Å². The zero-order valence-electron chi connectivity index (χ0n) is 14.8. The third-order valence-electron chi connectivity index (χ3n) is 4.33. The molecule has 7 heteroatoms. The van der Waals surface area contributed by atoms with Crippen LogP contribution in [0.25, 0.3) is 0 Å². The SMILES string of the molecule is Cc1ccc(NC(=O)CN(C)CC(=O)N2CCC[C@@H](C(N)=O)C2)cc1. The smallest absolute Gasteiger partial charge is 0.238 e. The Labute approximate surface area is 148 Å². The molecule has 0 spiro atoms. The van der Waals surface area contributed by atoms with Crippen LogP contribution in [-0.4, -0.2) is 60.7 Å². The van der Waals surface area contributed by atoms with Gasteiger partial charge in [-0.25, -0.2) is 0 Å². The van der Waals surface area contributed by atoms with Crippen LogP contribution < -0.4 is 11.1 Å². The van der Waals surface area contributed by atoms with Crippen molar-refractivity contribution in [2.45, 2.75) is 19.8 Å². The quantitative estimate of drug-likeness (QED) is 0.788. The highest BCUT2D eigenvalue weighted by atomic mass is 16.2. The standard InChI is InChI=1S/C18H26N4O3/c1-13-5-7-15(8-6-13)20-16(23)11-21(2)12-17(24)22-9-3-4-14(10-22)18(19)25/h5-8,14H,3-4,9-12H2,1-2H3,(H2,19,25)(H,20,23)/t14-/m1/s1. The number of carbonyl (C=O) groups is 3. The first kappa shape index (κ1) is 18.9. The van der Waals surface area contributed by atoms with E-state index in [2.05, 4.69) is 5.32 Å². The Morgan fingerprint density at radius 3 is 2.56 bits per heavy atom. The Balaban J connectivity index is 1.79. The molecule has 1 saturated heterocycles. The van der Waals surface area contributed by atoms with Crippen molar-refractivity contribution in [3.63, 3.8) is 0 Å². The number of nitrogens with one attached hydrogen (secondary N) is 1. The van der Waals surface area contributed by atoms with E-state index in [0.29, 0.717) is 13.1 Å². The van der Waals surface area contributed by atoms with Crippen LogP contribution in [0.15, 0.2) is 24.3 Å². The van der Waals surface area contributed by atoms with Gasteiger partial charge in [0.25, 0.3) is 0 Å². The van der Waals surface area contributed by atoms with E-state index < -0.39 is 0 Å². The molecule has 7 nitrogen and oxygen atoms in total. The minimum Gasteiger partial charge on any atom is -0.369 e. The van der Waals surface area contributed by atoms with E-state index in [1.54, 1.807) is 16.8 Å². The Morgan fingerprint density at radius 1 is 1.24 bits per heavy atom. The summed E-state index contributed by atoms with van der Waals surface area (Å²) in [6.07, 6.45) is 1.50. The third-order valence-corrected chi connectivity index (χ3v) is 4.33. The molecule has 0 aromatic heterocycles. The zero-order valence-corrected chi connectivity index (χ0v) is 14.8. The van der Waals surface area contributed by atoms with Gasteiger partial charge < -0.3 is 16.0 Å². The summed E-state index contributed by atoms with van der Waals surface area (Å²) in [4.78, 5) is 39.1. The van der Waals surface area contributed by atoms with Crippen LogP contribution in [-0.2, 0) is 14.4 Å². The maximum absolute atomic E-state index is 12.4. The molecule has 0 saturated carbocycles. The number of primary amides is 1. The number of hydrogen-bond donors (Lipinski definition) is 2. The van der Waals surface area contributed by atoms with E-state index in [1.165, 1.54) is 0 Å². The minimum atomic E-state index is -0.358. The molecular formula is C18H26N4O3. The fourth-order valence-corrected chi connectivity index (χ4v) is 2.91. The molecule has 3 amide bonds. The number of nitrogens with zero attached hydrogens (tertiary/aromatic N) is 2. The molecule has 136 valence electrons. The average molecular weight is 346 g/mol. The maximum atomic E-state index is 12.4. The Bertz CT molecular complexity index is 630. The number of likely N-dealkylation sites (N-methyl/N-ethyl adjacent to an activating group) is 1. The Kier molecular flexibility index (Phi) is 6.52. The van der Waals surface area contributed by atoms with E-state index in [-0.39, 0.29) is 36.7 Å². The summed E-state index contributed by atoms with van der Waals surface area (Å²) in [7, 11) is 1.72. The highest BCUT2D eigenvalue weighted by Crippen LogP contribution is 2.16. The van der Waals surface area contributed by atoms with E-state index in [4.69, 9.17) is 5.73 Å². The van der Waals surface area contributed by atoms with Crippen molar-refractivity contribution < 1.29 is 14.4 Å². The van der Waals surface area contributed by atoms with E-state index in [9.17, 15) is 14.4 Å². The molecule has 0 aliphatic carbocycles. The summed E-state index contributed by atoms with van der Waals surface area (Å²) in [6.45, 7) is 3.23. The Morgan fingerprint density at radius 2 is 1.92 bits per heavy atom. The molecule has 1 fully saturated rings. The first-order valence-electron chi connectivity index (χ1n) is 8.47. The largest absolute Gasteiger partial charge is 0.369 e. The molecule has 1 aromatic carbocycles. The fraction of sp³-hybridized carbons (Fsp3) is 0.500. The van der Waals surface area contributed by atoms with Crippen molar-refractivity contribution >= 4 is 23.4 Å². The van der Waals surface area contributed by atoms with Crippen molar-refractivity contribution in [2.75, 3.05) is 38.5 Å². The second-order valence-corrected chi connectivity index (χ2v) is 6.67. The molecule has 1 aromatic rings. The van der Waals surface area contributed by atoms with Crippen molar-refractivity contribution in [3.05, 3.63) is 29.8 Å². The van der Waals surface area contributed by atoms with Gasteiger partial charge in [-0.15, -0.1) is 0 Å². The summed E-state index contributed by atoms with van der Waals surface area (Å²) in [5.41, 5.74) is 7.19. The minimum absolute atomic E-state index is 0.0865. The van der Waals surface area contributed by atoms with Crippen LogP contribution in [0.5, 0.6) is 0 Å². The van der Waals surface area contributed by atoms with Crippen LogP contribution in [0, 0.1) is 12.8 Å². The fourth-order valence-electron chi connectivity index (χ4n) is 2.91. The number of aryl methyl sites for hydroxylation is 1. The lowest BCUT2D eigenvalue weighted by Gasteiger charge is -2.32. The topological polar surface area (TPSA) is 95.7 Å². The molecule has 0 bridgehead atoms. The second-order valence-electron chi connectivity index (χ2n) is 6.67. The molecular weight excluding hydrogens is 320 g/mol. The molecule has 1 atom stereocenters. The van der Waals surface area contributed by atoms with Crippen molar-refractivity contribution in [1.82, 2.24) is 9.80 Å². The summed E-state index contributed by atoms with van der Waals surface area (Å²) in [6, 6.07) is 7.54. The number of hydrogen-bond acceptors (Lipinski definition) is 4. The lowest BCUT2D eigenvalue weighted by atomic mass is 9.97. The van der Waals surface area contributed by atoms with Gasteiger partial charge in [0.15, 0.2) is 0 Å². The highest BCUT2D eigenvalue weighted by molar-refractivity contribution is 5.92. The van der Waals surface area contributed by atoms with Gasteiger partial charge in [0.1, 0.15) is 0 Å². The molecule has 0 radical (unpaired) electrons. The molecule has 0 unspecified atom stereocenters. The molecule has 25 heavy (non-hydrogen) atoms. The van der Waals surface area contributed by atoms with Crippen molar-refractivity contribution in [1.29, 1.82) is 0 Å². The Hall–Kier alpha value is -2.41. The number of rotatable bonds is 6. The van der Waals surface area contributed by atoms with Gasteiger partial charge in [-0.2, -0.15) is 0 Å². The van der Waals surface area contributed by atoms with Gasteiger partial charge in [0, 0.05) is 18.8 Å². The van der Waals surface area contributed by atoms with Crippen LogP contribution >= 0.6 is 0 Å². The van der Waals surface area contributed by atoms with Crippen LogP contribution in [0.2, 0.25) is 0 Å². The predicted molar refractivity (Wildman–Crippen MR) is 95.8 cm³/mol. The molecule has 1 heterocycles. The number of benzene rings is 1. The maximum Gasteiger partial charge on any atom is 0.238 e. The van der Waals surface area contributed by atoms with E-state index in [1.807, 2.05) is 31.2 Å². The monoisotopic (exact) mass is 346 g/mol.